The summed E-state index contributed by atoms with van der Waals surface area (Å²) in [5.41, 5.74) is 0.750. The zero-order valence-corrected chi connectivity index (χ0v) is 27.0. The fourth-order valence-electron chi connectivity index (χ4n) is 4.33. The number of nitrogens with one attached hydrogen (secondary N) is 2. The zero-order valence-electron chi connectivity index (χ0n) is 27.0. The SMILES string of the molecule is CNCCOCCOCCOCCOCCN(C[C@@H](C(=O)Nc1ccc2cnccc2c1)c1ccccc1)C(=O)OC(C)(C)C. The minimum Gasteiger partial charge on any atom is -0.444 e. The van der Waals surface area contributed by atoms with Crippen LogP contribution in [0, 0.1) is 0 Å². The second-order valence-corrected chi connectivity index (χ2v) is 11.4. The van der Waals surface area contributed by atoms with Crippen LogP contribution in [0.15, 0.2) is 67.0 Å². The Labute approximate surface area is 266 Å². The summed E-state index contributed by atoms with van der Waals surface area (Å²) >= 11 is 0. The molecule has 11 nitrogen and oxygen atoms in total. The van der Waals surface area contributed by atoms with E-state index in [1.54, 1.807) is 12.4 Å². The number of pyridine rings is 1. The van der Waals surface area contributed by atoms with E-state index >= 15 is 0 Å². The molecule has 0 spiro atoms. The molecule has 3 rings (SSSR count). The van der Waals surface area contributed by atoms with Crippen LogP contribution >= 0.6 is 0 Å². The molecule has 11 heteroatoms. The lowest BCUT2D eigenvalue weighted by Gasteiger charge is -2.30. The lowest BCUT2D eigenvalue weighted by molar-refractivity contribution is -0.118. The highest BCUT2D eigenvalue weighted by Gasteiger charge is 2.29. The molecular weight excluding hydrogens is 576 g/mol. The van der Waals surface area contributed by atoms with E-state index in [1.165, 1.54) is 4.90 Å². The first-order valence-corrected chi connectivity index (χ1v) is 15.4. The highest BCUT2D eigenvalue weighted by molar-refractivity contribution is 5.98. The Balaban J connectivity index is 1.54. The standard InChI is InChI=1S/C34H48N4O7/c1-34(2,3)45-33(40)38(15-17-42-19-21-44-23-22-43-20-18-41-16-14-35-4)26-31(27-8-6-5-7-9-27)32(39)37-30-11-10-29-25-36-13-12-28(29)24-30/h5-13,24-25,31,35H,14-23,26H2,1-4H3,(H,37,39)/t31-/m1/s1. The van der Waals surface area contributed by atoms with Gasteiger partial charge in [0.05, 0.1) is 58.8 Å². The molecule has 0 fully saturated rings. The van der Waals surface area contributed by atoms with E-state index in [-0.39, 0.29) is 25.6 Å². The van der Waals surface area contributed by atoms with Crippen LogP contribution in [0.1, 0.15) is 32.3 Å². The van der Waals surface area contributed by atoms with E-state index in [0.29, 0.717) is 51.9 Å². The number of anilines is 1. The van der Waals surface area contributed by atoms with Gasteiger partial charge in [0, 0.05) is 43.1 Å². The maximum Gasteiger partial charge on any atom is 0.410 e. The first-order chi connectivity index (χ1) is 21.8. The van der Waals surface area contributed by atoms with Crippen LogP contribution in [0.5, 0.6) is 0 Å². The second kappa shape index (κ2) is 19.7. The molecule has 0 unspecified atom stereocenters. The minimum absolute atomic E-state index is 0.109. The van der Waals surface area contributed by atoms with E-state index in [0.717, 1.165) is 22.9 Å². The van der Waals surface area contributed by atoms with Crippen molar-refractivity contribution in [2.24, 2.45) is 0 Å². The summed E-state index contributed by atoms with van der Waals surface area (Å²) in [6.07, 6.45) is 2.98. The maximum atomic E-state index is 13.7. The molecule has 1 aromatic heterocycles. The van der Waals surface area contributed by atoms with Gasteiger partial charge >= 0.3 is 6.09 Å². The summed E-state index contributed by atoms with van der Waals surface area (Å²) < 4.78 is 27.9. The number of rotatable bonds is 20. The number of carbonyl (C=O) groups is 2. The van der Waals surface area contributed by atoms with Crippen LogP contribution in [-0.2, 0) is 28.5 Å². The van der Waals surface area contributed by atoms with Crippen LogP contribution in [0.4, 0.5) is 10.5 Å². The van der Waals surface area contributed by atoms with Crippen LogP contribution < -0.4 is 10.6 Å². The third kappa shape index (κ3) is 13.9. The Hall–Kier alpha value is -3.61. The molecule has 0 aliphatic heterocycles. The Bertz CT molecular complexity index is 1290. The molecule has 45 heavy (non-hydrogen) atoms. The number of ether oxygens (including phenoxy) is 5. The number of likely N-dealkylation sites (N-methyl/N-ethyl adjacent to an activating group) is 1. The molecule has 0 saturated heterocycles. The summed E-state index contributed by atoms with van der Waals surface area (Å²) in [4.78, 5) is 32.7. The zero-order chi connectivity index (χ0) is 32.3. The van der Waals surface area contributed by atoms with Gasteiger partial charge in [-0.25, -0.2) is 4.79 Å². The molecule has 2 N–H and O–H groups in total. The number of carbonyl (C=O) groups excluding carboxylic acids is 2. The fraction of sp³-hybridized carbons (Fsp3) is 0.500. The van der Waals surface area contributed by atoms with Gasteiger partial charge in [-0.2, -0.15) is 0 Å². The summed E-state index contributed by atoms with van der Waals surface area (Å²) in [5, 5.41) is 8.00. The molecule has 0 bridgehead atoms. The van der Waals surface area contributed by atoms with Crippen LogP contribution in [0.3, 0.4) is 0 Å². The number of aromatic nitrogens is 1. The van der Waals surface area contributed by atoms with Crippen molar-refractivity contribution in [3.63, 3.8) is 0 Å². The lowest BCUT2D eigenvalue weighted by Crippen LogP contribution is -2.43. The van der Waals surface area contributed by atoms with Crippen molar-refractivity contribution in [1.82, 2.24) is 15.2 Å². The van der Waals surface area contributed by atoms with E-state index < -0.39 is 17.6 Å². The van der Waals surface area contributed by atoms with Crippen molar-refractivity contribution in [3.8, 4) is 0 Å². The second-order valence-electron chi connectivity index (χ2n) is 11.4. The summed E-state index contributed by atoms with van der Waals surface area (Å²) in [6, 6.07) is 17.0. The average molecular weight is 625 g/mol. The lowest BCUT2D eigenvalue weighted by atomic mass is 9.97. The van der Waals surface area contributed by atoms with E-state index in [9.17, 15) is 9.59 Å². The summed E-state index contributed by atoms with van der Waals surface area (Å²) in [5.74, 6) is -0.881. The highest BCUT2D eigenvalue weighted by Crippen LogP contribution is 2.23. The Kier molecular flexibility index (Phi) is 15.7. The third-order valence-corrected chi connectivity index (χ3v) is 6.60. The number of amides is 2. The Morgan fingerprint density at radius 2 is 1.47 bits per heavy atom. The van der Waals surface area contributed by atoms with Gasteiger partial charge in [-0.15, -0.1) is 0 Å². The monoisotopic (exact) mass is 624 g/mol. The first-order valence-electron chi connectivity index (χ1n) is 15.4. The molecule has 0 saturated carbocycles. The first kappa shape index (κ1) is 35.9. The number of benzene rings is 2. The Morgan fingerprint density at radius 3 is 2.11 bits per heavy atom. The van der Waals surface area contributed by atoms with Crippen molar-refractivity contribution >= 4 is 28.5 Å². The minimum atomic E-state index is -0.699. The van der Waals surface area contributed by atoms with E-state index in [2.05, 4.69) is 15.6 Å². The van der Waals surface area contributed by atoms with Crippen LogP contribution in [-0.4, -0.2) is 107 Å². The topological polar surface area (TPSA) is 120 Å². The molecule has 0 aliphatic carbocycles. The van der Waals surface area contributed by atoms with Gasteiger partial charge in [-0.1, -0.05) is 36.4 Å². The molecule has 2 amide bonds. The number of hydrogen-bond donors (Lipinski definition) is 2. The third-order valence-electron chi connectivity index (χ3n) is 6.60. The van der Waals surface area contributed by atoms with Crippen LogP contribution in [0.25, 0.3) is 10.8 Å². The molecule has 1 atom stereocenters. The quantitative estimate of drug-likeness (QED) is 0.175. The highest BCUT2D eigenvalue weighted by atomic mass is 16.6. The molecule has 0 radical (unpaired) electrons. The number of nitrogens with zero attached hydrogens (tertiary/aromatic N) is 2. The molecule has 246 valence electrons. The molecule has 1 heterocycles. The predicted octanol–water partition coefficient (Wildman–Crippen LogP) is 4.48. The van der Waals surface area contributed by atoms with Crippen molar-refractivity contribution in [1.29, 1.82) is 0 Å². The smallest absolute Gasteiger partial charge is 0.410 e. The normalized spacial score (nSPS) is 12.2. The van der Waals surface area contributed by atoms with Gasteiger partial charge in [0.25, 0.3) is 0 Å². The summed E-state index contributed by atoms with van der Waals surface area (Å²) in [6.45, 7) is 10.3. The van der Waals surface area contributed by atoms with Crippen molar-refractivity contribution < 1.29 is 33.3 Å². The molecule has 3 aromatic rings. The largest absolute Gasteiger partial charge is 0.444 e. The number of fused-ring (bicyclic) bond motifs is 1. The fourth-order valence-corrected chi connectivity index (χ4v) is 4.33. The molecule has 0 aliphatic rings. The van der Waals surface area contributed by atoms with E-state index in [4.69, 9.17) is 23.7 Å². The van der Waals surface area contributed by atoms with Crippen molar-refractivity contribution in [3.05, 3.63) is 72.6 Å². The Morgan fingerprint density at radius 1 is 0.822 bits per heavy atom. The van der Waals surface area contributed by atoms with Gasteiger partial charge in [-0.3, -0.25) is 9.78 Å². The van der Waals surface area contributed by atoms with Gasteiger partial charge in [0.1, 0.15) is 5.60 Å². The van der Waals surface area contributed by atoms with Gasteiger partial charge in [-0.05, 0) is 57.0 Å². The van der Waals surface area contributed by atoms with Gasteiger partial charge in [0.15, 0.2) is 0 Å². The van der Waals surface area contributed by atoms with Gasteiger partial charge in [0.2, 0.25) is 5.91 Å². The van der Waals surface area contributed by atoms with Crippen molar-refractivity contribution in [2.45, 2.75) is 32.3 Å². The number of hydrogen-bond acceptors (Lipinski definition) is 9. The molecular formula is C34H48N4O7. The summed E-state index contributed by atoms with van der Waals surface area (Å²) in [7, 11) is 1.88. The van der Waals surface area contributed by atoms with Crippen molar-refractivity contribution in [2.75, 3.05) is 84.9 Å². The van der Waals surface area contributed by atoms with Crippen LogP contribution in [0.2, 0.25) is 0 Å². The maximum absolute atomic E-state index is 13.7. The van der Waals surface area contributed by atoms with Gasteiger partial charge < -0.3 is 39.2 Å². The van der Waals surface area contributed by atoms with E-state index in [1.807, 2.05) is 82.4 Å². The predicted molar refractivity (Wildman–Crippen MR) is 175 cm³/mol. The average Bonchev–Trinajstić information content (AvgIpc) is 3.02. The molecule has 2 aromatic carbocycles.